The molecule has 0 bridgehead atoms. The number of aliphatic imine (C=N–C) groups is 1. The van der Waals surface area contributed by atoms with Crippen LogP contribution in [0.4, 0.5) is 5.69 Å². The summed E-state index contributed by atoms with van der Waals surface area (Å²) in [4.78, 5) is 19.2. The molecule has 1 amide bonds. The Hall–Kier alpha value is -2.28. The predicted molar refractivity (Wildman–Crippen MR) is 119 cm³/mol. The summed E-state index contributed by atoms with van der Waals surface area (Å²) in [5, 5.41) is 18.8. The number of hydrogen-bond acceptors (Lipinski definition) is 4. The van der Waals surface area contributed by atoms with Gasteiger partial charge in [-0.3, -0.25) is 9.69 Å². The molecule has 1 aliphatic heterocycles. The highest BCUT2D eigenvalue weighted by Crippen LogP contribution is 2.17. The number of carbonyl (C=O) groups excluding carboxylic acids is 1. The Morgan fingerprint density at radius 1 is 1.10 bits per heavy atom. The Labute approximate surface area is 175 Å². The number of rotatable bonds is 8. The number of phenols is 1. The minimum Gasteiger partial charge on any atom is -0.508 e. The summed E-state index contributed by atoms with van der Waals surface area (Å²) in [5.74, 6) is 1.18. The monoisotopic (exact) mass is 403 g/mol. The Morgan fingerprint density at radius 2 is 1.76 bits per heavy atom. The van der Waals surface area contributed by atoms with Crippen molar-refractivity contribution in [2.45, 2.75) is 52.5 Å². The Morgan fingerprint density at radius 3 is 2.34 bits per heavy atom. The van der Waals surface area contributed by atoms with Crippen molar-refractivity contribution in [3.63, 3.8) is 0 Å². The van der Waals surface area contributed by atoms with Crippen LogP contribution >= 0.6 is 0 Å². The lowest BCUT2D eigenvalue weighted by molar-refractivity contribution is -0.114. The number of carbonyl (C=O) groups is 1. The van der Waals surface area contributed by atoms with Crippen LogP contribution in [0.15, 0.2) is 29.3 Å². The number of nitrogens with one attached hydrogen (secondary N) is 3. The number of nitrogens with zero attached hydrogens (tertiary/aromatic N) is 2. The smallest absolute Gasteiger partial charge is 0.246 e. The van der Waals surface area contributed by atoms with Crippen LogP contribution in [0.25, 0.3) is 0 Å². The fraction of sp³-hybridized carbons (Fsp3) is 0.636. The SMILES string of the molecule is CCNC(=NCC(=O)Nc1ccc(O)cc1)NCC(C(C)C)N1CCCCCC1. The van der Waals surface area contributed by atoms with Gasteiger partial charge in [0.05, 0.1) is 0 Å². The van der Waals surface area contributed by atoms with Crippen molar-refractivity contribution in [3.05, 3.63) is 24.3 Å². The number of hydrogen-bond donors (Lipinski definition) is 4. The van der Waals surface area contributed by atoms with Crippen molar-refractivity contribution in [2.75, 3.05) is 38.0 Å². The highest BCUT2D eigenvalue weighted by molar-refractivity contribution is 5.94. The topological polar surface area (TPSA) is 89.0 Å². The zero-order valence-electron chi connectivity index (χ0n) is 18.1. The number of benzene rings is 1. The summed E-state index contributed by atoms with van der Waals surface area (Å²) in [7, 11) is 0. The first-order valence-corrected chi connectivity index (χ1v) is 10.8. The van der Waals surface area contributed by atoms with Gasteiger partial charge in [0.15, 0.2) is 5.96 Å². The number of phenolic OH excluding ortho intramolecular Hbond substituents is 1. The lowest BCUT2D eigenvalue weighted by atomic mass is 10.0. The van der Waals surface area contributed by atoms with Crippen LogP contribution in [-0.4, -0.2) is 60.6 Å². The van der Waals surface area contributed by atoms with Crippen molar-refractivity contribution in [1.82, 2.24) is 15.5 Å². The standard InChI is InChI=1S/C22H37N5O2/c1-4-23-22(25-16-21(29)26-18-9-11-19(28)12-10-18)24-15-20(17(2)3)27-13-7-5-6-8-14-27/h9-12,17,20,28H,4-8,13-16H2,1-3H3,(H,26,29)(H2,23,24,25). The molecule has 7 nitrogen and oxygen atoms in total. The molecular formula is C22H37N5O2. The number of guanidine groups is 1. The van der Waals surface area contributed by atoms with E-state index in [4.69, 9.17) is 0 Å². The summed E-state index contributed by atoms with van der Waals surface area (Å²) in [6.45, 7) is 10.5. The first kappa shape index (κ1) is 23.0. The van der Waals surface area contributed by atoms with E-state index in [0.29, 0.717) is 23.6 Å². The third-order valence-corrected chi connectivity index (χ3v) is 5.23. The van der Waals surface area contributed by atoms with Crippen LogP contribution in [0.3, 0.4) is 0 Å². The van der Waals surface area contributed by atoms with Crippen molar-refractivity contribution < 1.29 is 9.90 Å². The highest BCUT2D eigenvalue weighted by atomic mass is 16.3. The normalized spacial score (nSPS) is 16.9. The summed E-state index contributed by atoms with van der Waals surface area (Å²) in [5.41, 5.74) is 0.641. The number of amides is 1. The second-order valence-electron chi connectivity index (χ2n) is 7.93. The van der Waals surface area contributed by atoms with Gasteiger partial charge in [-0.2, -0.15) is 0 Å². The quantitative estimate of drug-likeness (QED) is 0.304. The lowest BCUT2D eigenvalue weighted by Crippen LogP contribution is -2.49. The molecule has 1 aromatic carbocycles. The van der Waals surface area contributed by atoms with E-state index >= 15 is 0 Å². The van der Waals surface area contributed by atoms with Crippen LogP contribution in [0.5, 0.6) is 5.75 Å². The largest absolute Gasteiger partial charge is 0.508 e. The van der Waals surface area contributed by atoms with Crippen molar-refractivity contribution in [1.29, 1.82) is 0 Å². The van der Waals surface area contributed by atoms with Crippen molar-refractivity contribution in [2.24, 2.45) is 10.9 Å². The van der Waals surface area contributed by atoms with Crippen LogP contribution in [-0.2, 0) is 4.79 Å². The van der Waals surface area contributed by atoms with Crippen LogP contribution in [0.1, 0.15) is 46.5 Å². The first-order valence-electron chi connectivity index (χ1n) is 10.8. The maximum Gasteiger partial charge on any atom is 0.246 e. The van der Waals surface area contributed by atoms with E-state index in [1.807, 2.05) is 6.92 Å². The molecule has 1 unspecified atom stereocenters. The zero-order valence-corrected chi connectivity index (χ0v) is 18.1. The van der Waals surface area contributed by atoms with E-state index in [-0.39, 0.29) is 18.2 Å². The summed E-state index contributed by atoms with van der Waals surface area (Å²) in [6, 6.07) is 6.85. The molecule has 1 fully saturated rings. The van der Waals surface area contributed by atoms with Gasteiger partial charge >= 0.3 is 0 Å². The molecular weight excluding hydrogens is 366 g/mol. The fourth-order valence-corrected chi connectivity index (χ4v) is 3.65. The average molecular weight is 404 g/mol. The van der Waals surface area contributed by atoms with Gasteiger partial charge < -0.3 is 21.1 Å². The molecule has 0 aromatic heterocycles. The molecule has 1 atom stereocenters. The van der Waals surface area contributed by atoms with Gasteiger partial charge in [-0.15, -0.1) is 0 Å². The summed E-state index contributed by atoms with van der Waals surface area (Å²) >= 11 is 0. The molecule has 7 heteroatoms. The minimum atomic E-state index is -0.194. The van der Waals surface area contributed by atoms with Crippen LogP contribution in [0, 0.1) is 5.92 Å². The van der Waals surface area contributed by atoms with E-state index in [2.05, 4.69) is 39.7 Å². The molecule has 0 spiro atoms. The van der Waals surface area contributed by atoms with E-state index < -0.39 is 0 Å². The molecule has 2 rings (SSSR count). The lowest BCUT2D eigenvalue weighted by Gasteiger charge is -2.34. The van der Waals surface area contributed by atoms with Gasteiger partial charge in [0.1, 0.15) is 12.3 Å². The van der Waals surface area contributed by atoms with Crippen LogP contribution < -0.4 is 16.0 Å². The Kier molecular flexibility index (Phi) is 9.77. The maximum absolute atomic E-state index is 12.2. The third-order valence-electron chi connectivity index (χ3n) is 5.23. The van der Waals surface area contributed by atoms with Gasteiger partial charge in [-0.05, 0) is 63.0 Å². The molecule has 1 saturated heterocycles. The molecule has 0 aliphatic carbocycles. The minimum absolute atomic E-state index is 0.0340. The van der Waals surface area contributed by atoms with Crippen molar-refractivity contribution >= 4 is 17.6 Å². The fourth-order valence-electron chi connectivity index (χ4n) is 3.65. The van der Waals surface area contributed by atoms with Gasteiger partial charge in [0.25, 0.3) is 0 Å². The molecule has 162 valence electrons. The number of anilines is 1. The molecule has 1 heterocycles. The Balaban J connectivity index is 1.90. The number of likely N-dealkylation sites (tertiary alicyclic amines) is 1. The van der Waals surface area contributed by atoms with E-state index in [0.717, 1.165) is 26.2 Å². The van der Waals surface area contributed by atoms with E-state index in [9.17, 15) is 9.90 Å². The zero-order chi connectivity index (χ0) is 21.1. The van der Waals surface area contributed by atoms with Crippen molar-refractivity contribution in [3.8, 4) is 5.75 Å². The first-order chi connectivity index (χ1) is 14.0. The van der Waals surface area contributed by atoms with Gasteiger partial charge in [-0.25, -0.2) is 4.99 Å². The second-order valence-corrected chi connectivity index (χ2v) is 7.93. The average Bonchev–Trinajstić information content (AvgIpc) is 2.97. The molecule has 0 radical (unpaired) electrons. The molecule has 29 heavy (non-hydrogen) atoms. The van der Waals surface area contributed by atoms with Gasteiger partial charge in [-0.1, -0.05) is 26.7 Å². The predicted octanol–water partition coefficient (Wildman–Crippen LogP) is 2.79. The third kappa shape index (κ3) is 8.31. The maximum atomic E-state index is 12.2. The molecule has 1 aliphatic rings. The van der Waals surface area contributed by atoms with E-state index in [1.54, 1.807) is 24.3 Å². The van der Waals surface area contributed by atoms with Gasteiger partial charge in [0, 0.05) is 24.8 Å². The summed E-state index contributed by atoms with van der Waals surface area (Å²) in [6.07, 6.45) is 5.20. The molecule has 1 aromatic rings. The second kappa shape index (κ2) is 12.3. The van der Waals surface area contributed by atoms with Gasteiger partial charge in [0.2, 0.25) is 5.91 Å². The summed E-state index contributed by atoms with van der Waals surface area (Å²) < 4.78 is 0. The van der Waals surface area contributed by atoms with E-state index in [1.165, 1.54) is 25.7 Å². The molecule has 0 saturated carbocycles. The van der Waals surface area contributed by atoms with Crippen LogP contribution in [0.2, 0.25) is 0 Å². The highest BCUT2D eigenvalue weighted by Gasteiger charge is 2.22. The molecule has 4 N–H and O–H groups in total. The Bertz CT molecular complexity index is 637. The number of aromatic hydroxyl groups is 1.